The summed E-state index contributed by atoms with van der Waals surface area (Å²) in [6.07, 6.45) is -11.5. The van der Waals surface area contributed by atoms with Gasteiger partial charge in [0.2, 0.25) is 36.5 Å². The van der Waals surface area contributed by atoms with Crippen LogP contribution in [0.3, 0.4) is 0 Å². The van der Waals surface area contributed by atoms with Crippen molar-refractivity contribution >= 4 is 86.4 Å². The van der Waals surface area contributed by atoms with Crippen molar-refractivity contribution < 1.29 is 131 Å². The fourth-order valence-electron chi connectivity index (χ4n) is 16.4. The van der Waals surface area contributed by atoms with Gasteiger partial charge in [-0.15, -0.1) is 0 Å². The molecule has 0 aliphatic carbocycles. The lowest BCUT2D eigenvalue weighted by Gasteiger charge is -2.36. The maximum Gasteiger partial charge on any atom is 0.411 e. The normalized spacial score (nSPS) is 16.8. The molecule has 8 aromatic carbocycles. The average molecular weight is 2020 g/mol. The predicted octanol–water partition coefficient (Wildman–Crippen LogP) is 17.0. The van der Waals surface area contributed by atoms with Crippen LogP contribution in [0, 0.1) is 28.7 Å². The summed E-state index contributed by atoms with van der Waals surface area (Å²) in [5.74, 6) is -8.76. The largest absolute Gasteiger partial charge is 0.497 e. The van der Waals surface area contributed by atoms with Gasteiger partial charge in [0.25, 0.3) is 0 Å². The van der Waals surface area contributed by atoms with Crippen molar-refractivity contribution in [1.29, 1.82) is 0 Å². The fourth-order valence-corrected chi connectivity index (χ4v) is 16.4. The van der Waals surface area contributed by atoms with Crippen LogP contribution in [0.25, 0.3) is 66.5 Å². The summed E-state index contributed by atoms with van der Waals surface area (Å²) >= 11 is 0. The standard InChI is InChI=1S/C45H53F4N5O8.C34H32F4N4O6.C26H28N2O6.CH4/c1-44(2,3)38(53-43(59)62-45(4,5)6)24-54-23-28(61-37-21-33(25-11-9-8-10-12-25)51-34-19-27(60-7)13-14-30(34)37)20-36(54)41(56)52-35(22-39(48)49)40(55)50-16-15-29-31(46)17-26(42(57)58)18-32(29)47;1-47-20-7-8-23-27(13-20)41-26(18-5-3-2-4-6-18)15-30(23)48-21-14-28(40-17-21)33(44)42-29(16-31(37)38)32(43)39-10-9-22-24(35)11-19(34(45)46)12-25(22)36;1-26(2,3)34-25(31)28-15-18(13-22(28)24(29)30)33-23-14-20(16-8-6-5-7-9-16)27-21-12-17(32-4)10-11-19(21)23;/h8-14,17-19,21,28,35-36,38-39H,15-16,20,22-24H2,1-7H3,(H,50,55)(H,52,56)(H,53,59)(H,57,58);2-8,11-13,15,21,28-29,31,40H,9-10,14,16-17H2,1H3,(H,39,43)(H,42,44)(H,45,46);5-12,14,18,22H,13,15H2,1-4H3,(H,29,30);1H4/t28-,35+,36?,38-;21-,28?,29+;18-,22?;/m111./s1. The van der Waals surface area contributed by atoms with E-state index in [2.05, 4.69) is 31.9 Å². The molecule has 39 heteroatoms. The molecule has 31 nitrogen and oxygen atoms in total. The molecule has 772 valence electrons. The van der Waals surface area contributed by atoms with Crippen LogP contribution >= 0.6 is 0 Å². The zero-order valence-electron chi connectivity index (χ0n) is 81.0. The van der Waals surface area contributed by atoms with Crippen LogP contribution in [0.4, 0.5) is 44.7 Å². The number of rotatable bonds is 34. The number of amides is 6. The third-order valence-electron chi connectivity index (χ3n) is 23.6. The zero-order valence-corrected chi connectivity index (χ0v) is 81.0. The van der Waals surface area contributed by atoms with Gasteiger partial charge in [-0.1, -0.05) is 119 Å². The molecule has 9 N–H and O–H groups in total. The van der Waals surface area contributed by atoms with E-state index in [-0.39, 0.29) is 65.8 Å². The van der Waals surface area contributed by atoms with Gasteiger partial charge in [-0.05, 0) is 120 Å². The number of hydrogen-bond donors (Lipinski definition) is 9. The molecule has 3 aromatic heterocycles. The smallest absolute Gasteiger partial charge is 0.411 e. The SMILES string of the molecule is C.COc1ccc2c(O[C@@H]3CC(C(=O)N[C@@H](CC(F)F)C(=O)NCCc4c(F)cc(C(=O)O)cc4F)N(C[C@@H](NC(=O)OC(C)(C)C)C(C)(C)C)C3)cc(-c3ccccc3)nc2c1.COc1ccc2c(O[C@@H]3CC(C(=O)O)N(C(=O)OC(C)(C)C)C3)cc(-c3ccccc3)nc2c1.COc1ccc2c(O[C@H]3CNC(C(=O)N[C@@H](CC(F)F)C(=O)NCCc4c(F)cc(C(=O)O)cc4F)C3)cc(-c3ccccc3)nc2c1. The van der Waals surface area contributed by atoms with Gasteiger partial charge in [-0.3, -0.25) is 29.0 Å². The van der Waals surface area contributed by atoms with E-state index in [0.29, 0.717) is 97.8 Å². The van der Waals surface area contributed by atoms with E-state index in [9.17, 15) is 83.4 Å². The van der Waals surface area contributed by atoms with Gasteiger partial charge < -0.3 is 85.1 Å². The number of carboxylic acids is 3. The predicted molar refractivity (Wildman–Crippen MR) is 524 cm³/mol. The Labute approximate surface area is 831 Å². The molecule has 6 amide bonds. The van der Waals surface area contributed by atoms with Crippen LogP contribution in [-0.4, -0.2) is 233 Å². The zero-order chi connectivity index (χ0) is 104. The van der Waals surface area contributed by atoms with Gasteiger partial charge in [-0.25, -0.2) is 74.0 Å². The first-order valence-electron chi connectivity index (χ1n) is 46.2. The number of ether oxygens (including phenoxy) is 8. The molecule has 0 bridgehead atoms. The number of methoxy groups -OCH3 is 3. The highest BCUT2D eigenvalue weighted by atomic mass is 19.3. The van der Waals surface area contributed by atoms with Crippen molar-refractivity contribution in [3.63, 3.8) is 0 Å². The molecule has 0 radical (unpaired) electrons. The maximum absolute atomic E-state index is 14.6. The third-order valence-corrected chi connectivity index (χ3v) is 23.6. The molecule has 3 fully saturated rings. The number of carboxylic acid groups (broad SMARTS) is 3. The second kappa shape index (κ2) is 48.8. The number of halogens is 8. The summed E-state index contributed by atoms with van der Waals surface area (Å²) in [4.78, 5) is 131. The number of pyridine rings is 3. The van der Waals surface area contributed by atoms with E-state index in [1.54, 1.807) is 104 Å². The Balaban J connectivity index is 0.000000215. The number of aromatic carboxylic acids is 2. The van der Waals surface area contributed by atoms with Crippen molar-refractivity contribution in [3.05, 3.63) is 234 Å². The Hall–Kier alpha value is -15.0. The third kappa shape index (κ3) is 30.1. The number of nitrogens with one attached hydrogen (secondary N) is 6. The van der Waals surface area contributed by atoms with Crippen LogP contribution in [0.2, 0.25) is 0 Å². The van der Waals surface area contributed by atoms with E-state index in [4.69, 9.17) is 63.1 Å². The Morgan fingerprint density at radius 1 is 0.455 bits per heavy atom. The van der Waals surface area contributed by atoms with E-state index in [1.807, 2.05) is 148 Å². The van der Waals surface area contributed by atoms with Gasteiger partial charge in [0, 0.05) is 151 Å². The summed E-state index contributed by atoms with van der Waals surface area (Å²) < 4.78 is 159. The molecule has 11 aromatic rings. The molecule has 9 atom stereocenters. The first-order valence-corrected chi connectivity index (χ1v) is 46.2. The monoisotopic (exact) mass is 2020 g/mol. The lowest BCUT2D eigenvalue weighted by molar-refractivity contribution is -0.142. The number of carbonyl (C=O) groups excluding carboxylic acids is 6. The number of hydrogen-bond acceptors (Lipinski definition) is 22. The van der Waals surface area contributed by atoms with Gasteiger partial charge in [0.05, 0.1) is 84.7 Å². The summed E-state index contributed by atoms with van der Waals surface area (Å²) in [7, 11) is 4.69. The van der Waals surface area contributed by atoms with E-state index in [0.717, 1.165) is 27.5 Å². The fraction of sp³-hybridized carbons (Fsp3) is 0.377. The number of nitrogens with zero attached hydrogens (tertiary/aromatic N) is 5. The highest BCUT2D eigenvalue weighted by Crippen LogP contribution is 2.40. The maximum atomic E-state index is 14.6. The number of fused-ring (bicyclic) bond motifs is 3. The summed E-state index contributed by atoms with van der Waals surface area (Å²) in [6.45, 7) is 15.9. The topological polar surface area (TPSA) is 405 Å². The lowest BCUT2D eigenvalue weighted by atomic mass is 9.86. The Kier molecular flexibility index (Phi) is 37.2. The van der Waals surface area contributed by atoms with Gasteiger partial charge in [0.15, 0.2) is 0 Å². The molecule has 6 heterocycles. The van der Waals surface area contributed by atoms with Crippen molar-refractivity contribution in [2.75, 3.05) is 60.6 Å². The molecule has 3 aliphatic rings. The minimum atomic E-state index is -3.03. The van der Waals surface area contributed by atoms with Gasteiger partial charge >= 0.3 is 30.1 Å². The van der Waals surface area contributed by atoms with Crippen LogP contribution < -0.4 is 60.3 Å². The highest BCUT2D eigenvalue weighted by molar-refractivity contribution is 5.95. The summed E-state index contributed by atoms with van der Waals surface area (Å²) in [5, 5.41) is 45.3. The number of carbonyl (C=O) groups is 9. The number of likely N-dealkylation sites (tertiary alicyclic amines) is 2. The number of alkyl halides is 4. The Morgan fingerprint density at radius 2 is 0.828 bits per heavy atom. The van der Waals surface area contributed by atoms with Crippen LogP contribution in [0.5, 0.6) is 34.5 Å². The molecule has 14 rings (SSSR count). The minimum absolute atomic E-state index is 0. The second-order valence-corrected chi connectivity index (χ2v) is 37.6. The summed E-state index contributed by atoms with van der Waals surface area (Å²) in [6, 6.07) is 46.0. The van der Waals surface area contributed by atoms with E-state index >= 15 is 0 Å². The molecule has 0 spiro atoms. The minimum Gasteiger partial charge on any atom is -0.497 e. The average Bonchev–Trinajstić information content (AvgIpc) is 1.75. The van der Waals surface area contributed by atoms with Gasteiger partial charge in [0.1, 0.15) is 105 Å². The van der Waals surface area contributed by atoms with Crippen LogP contribution in [0.1, 0.15) is 134 Å². The second-order valence-electron chi connectivity index (χ2n) is 37.6. The quantitative estimate of drug-likeness (QED) is 0.0169. The first-order chi connectivity index (χ1) is 68.3. The Morgan fingerprint density at radius 3 is 1.19 bits per heavy atom. The molecule has 0 saturated carbocycles. The molecular formula is C106H117F8N11O20. The number of alkyl carbamates (subject to hydrolysis) is 1. The van der Waals surface area contributed by atoms with Crippen molar-refractivity contribution in [3.8, 4) is 68.3 Å². The summed E-state index contributed by atoms with van der Waals surface area (Å²) in [5.41, 5.74) is 2.21. The van der Waals surface area contributed by atoms with E-state index < -0.39 is 209 Å². The Bertz CT molecular complexity index is 6420. The van der Waals surface area contributed by atoms with E-state index in [1.165, 1.54) is 4.90 Å². The molecule has 3 aliphatic heterocycles. The number of aliphatic carboxylic acids is 1. The first kappa shape index (κ1) is 110. The molecular weight excluding hydrogens is 1900 g/mol. The van der Waals surface area contributed by atoms with Crippen LogP contribution in [-0.2, 0) is 46.3 Å². The lowest BCUT2D eigenvalue weighted by Crippen LogP contribution is -2.56. The molecule has 3 saturated heterocycles. The number of benzene rings is 8. The molecule has 145 heavy (non-hydrogen) atoms. The van der Waals surface area contributed by atoms with Crippen molar-refractivity contribution in [1.82, 2.24) is 56.7 Å². The van der Waals surface area contributed by atoms with Gasteiger partial charge in [-0.2, -0.15) is 0 Å². The van der Waals surface area contributed by atoms with Crippen molar-refractivity contribution in [2.24, 2.45) is 5.41 Å². The highest BCUT2D eigenvalue weighted by Gasteiger charge is 2.46. The molecule has 3 unspecified atom stereocenters. The van der Waals surface area contributed by atoms with Crippen molar-refractivity contribution in [2.45, 2.75) is 193 Å². The van der Waals surface area contributed by atoms with Crippen LogP contribution in [0.15, 0.2) is 188 Å². The number of aromatic nitrogens is 3.